The second-order valence-electron chi connectivity index (χ2n) is 4.27. The highest BCUT2D eigenvalue weighted by atomic mass is 16.5. The second-order valence-corrected chi connectivity index (χ2v) is 4.27. The van der Waals surface area contributed by atoms with Gasteiger partial charge in [0.05, 0.1) is 6.61 Å². The summed E-state index contributed by atoms with van der Waals surface area (Å²) in [5.41, 5.74) is 7.54. The molecule has 0 aliphatic carbocycles. The number of ether oxygens (including phenoxy) is 1. The maximum Gasteiger partial charge on any atom is 0.220 e. The van der Waals surface area contributed by atoms with Crippen LogP contribution in [0.4, 0.5) is 5.69 Å². The normalized spacial score (nSPS) is 19.8. The average molecular weight is 234 g/mol. The van der Waals surface area contributed by atoms with E-state index in [2.05, 4.69) is 5.32 Å². The van der Waals surface area contributed by atoms with Gasteiger partial charge in [-0.3, -0.25) is 4.79 Å². The van der Waals surface area contributed by atoms with Crippen LogP contribution in [-0.2, 0) is 4.79 Å². The van der Waals surface area contributed by atoms with Gasteiger partial charge in [-0.15, -0.1) is 0 Å². The summed E-state index contributed by atoms with van der Waals surface area (Å²) in [5.74, 6) is 1.17. The monoisotopic (exact) mass is 234 g/mol. The molecule has 1 saturated heterocycles. The van der Waals surface area contributed by atoms with Gasteiger partial charge in [0.1, 0.15) is 5.75 Å². The minimum Gasteiger partial charge on any atom is -0.494 e. The van der Waals surface area contributed by atoms with Crippen molar-refractivity contribution in [1.29, 1.82) is 0 Å². The summed E-state index contributed by atoms with van der Waals surface area (Å²) in [5, 5.41) is 2.84. The molecule has 3 N–H and O–H groups in total. The van der Waals surface area contributed by atoms with Gasteiger partial charge in [-0.1, -0.05) is 6.07 Å². The van der Waals surface area contributed by atoms with Gasteiger partial charge in [0.25, 0.3) is 0 Å². The maximum absolute atomic E-state index is 11.4. The molecule has 1 aromatic carbocycles. The summed E-state index contributed by atoms with van der Waals surface area (Å²) in [7, 11) is 0. The Morgan fingerprint density at radius 3 is 3.06 bits per heavy atom. The van der Waals surface area contributed by atoms with E-state index in [0.29, 0.717) is 18.7 Å². The number of benzene rings is 1. The lowest BCUT2D eigenvalue weighted by atomic mass is 9.89. The van der Waals surface area contributed by atoms with Gasteiger partial charge in [0.2, 0.25) is 5.91 Å². The van der Waals surface area contributed by atoms with Crippen molar-refractivity contribution in [2.24, 2.45) is 0 Å². The highest BCUT2D eigenvalue weighted by Crippen LogP contribution is 2.34. The number of nitrogen functional groups attached to an aromatic ring is 1. The number of carbonyl (C=O) groups excluding carboxylic acids is 1. The van der Waals surface area contributed by atoms with Gasteiger partial charge >= 0.3 is 0 Å². The average Bonchev–Trinajstić information content (AvgIpc) is 2.29. The molecule has 0 saturated carbocycles. The molecule has 0 bridgehead atoms. The topological polar surface area (TPSA) is 64.3 Å². The Morgan fingerprint density at radius 2 is 2.35 bits per heavy atom. The maximum atomic E-state index is 11.4. The Labute approximate surface area is 101 Å². The van der Waals surface area contributed by atoms with E-state index < -0.39 is 0 Å². The number of nitrogens with one attached hydrogen (secondary N) is 1. The molecule has 1 atom stereocenters. The van der Waals surface area contributed by atoms with Crippen molar-refractivity contribution >= 4 is 11.6 Å². The predicted molar refractivity (Wildman–Crippen MR) is 67.0 cm³/mol. The summed E-state index contributed by atoms with van der Waals surface area (Å²) < 4.78 is 5.59. The Hall–Kier alpha value is -1.71. The van der Waals surface area contributed by atoms with Crippen molar-refractivity contribution in [2.45, 2.75) is 25.7 Å². The third-order valence-corrected chi connectivity index (χ3v) is 3.02. The largest absolute Gasteiger partial charge is 0.494 e. The fraction of sp³-hybridized carbons (Fsp3) is 0.462. The fourth-order valence-corrected chi connectivity index (χ4v) is 2.22. The van der Waals surface area contributed by atoms with Crippen molar-refractivity contribution in [3.63, 3.8) is 0 Å². The molecule has 0 radical (unpaired) electrons. The van der Waals surface area contributed by atoms with Crippen LogP contribution < -0.4 is 15.8 Å². The van der Waals surface area contributed by atoms with Gasteiger partial charge in [-0.2, -0.15) is 0 Å². The minimum absolute atomic E-state index is 0.112. The Balaban J connectivity index is 2.26. The van der Waals surface area contributed by atoms with E-state index in [1.807, 2.05) is 25.1 Å². The van der Waals surface area contributed by atoms with Crippen molar-refractivity contribution in [2.75, 3.05) is 18.9 Å². The number of hydrogen-bond donors (Lipinski definition) is 2. The second kappa shape index (κ2) is 5.08. The van der Waals surface area contributed by atoms with E-state index in [9.17, 15) is 4.79 Å². The van der Waals surface area contributed by atoms with Crippen LogP contribution >= 0.6 is 0 Å². The number of rotatable bonds is 3. The first-order chi connectivity index (χ1) is 8.20. The lowest BCUT2D eigenvalue weighted by molar-refractivity contribution is -0.122. The van der Waals surface area contributed by atoms with Gasteiger partial charge in [0, 0.05) is 24.7 Å². The molecule has 92 valence electrons. The molecule has 0 aromatic heterocycles. The summed E-state index contributed by atoms with van der Waals surface area (Å²) in [6.07, 6.45) is 1.49. The van der Waals surface area contributed by atoms with Crippen molar-refractivity contribution in [1.82, 2.24) is 5.32 Å². The number of anilines is 1. The van der Waals surface area contributed by atoms with E-state index in [1.54, 1.807) is 0 Å². The molecule has 1 heterocycles. The highest BCUT2D eigenvalue weighted by Gasteiger charge is 2.23. The molecule has 2 rings (SSSR count). The fourth-order valence-electron chi connectivity index (χ4n) is 2.22. The highest BCUT2D eigenvalue weighted by molar-refractivity contribution is 5.78. The lowest BCUT2D eigenvalue weighted by Gasteiger charge is -2.24. The first-order valence-electron chi connectivity index (χ1n) is 5.99. The van der Waals surface area contributed by atoms with Gasteiger partial charge in [-0.25, -0.2) is 0 Å². The Bertz CT molecular complexity index is 418. The summed E-state index contributed by atoms with van der Waals surface area (Å²) >= 11 is 0. The predicted octanol–water partition coefficient (Wildman–Crippen LogP) is 1.66. The van der Waals surface area contributed by atoms with Crippen molar-refractivity contribution in [3.05, 3.63) is 23.8 Å². The smallest absolute Gasteiger partial charge is 0.220 e. The van der Waals surface area contributed by atoms with E-state index in [-0.39, 0.29) is 11.8 Å². The summed E-state index contributed by atoms with van der Waals surface area (Å²) in [6, 6.07) is 5.68. The zero-order valence-electron chi connectivity index (χ0n) is 10.0. The molecule has 1 aliphatic rings. The van der Waals surface area contributed by atoms with E-state index in [0.717, 1.165) is 24.3 Å². The van der Waals surface area contributed by atoms with Crippen molar-refractivity contribution in [3.8, 4) is 5.75 Å². The number of amides is 1. The minimum atomic E-state index is 0.112. The molecular weight excluding hydrogens is 216 g/mol. The van der Waals surface area contributed by atoms with E-state index >= 15 is 0 Å². The van der Waals surface area contributed by atoms with Crippen LogP contribution in [0.15, 0.2) is 18.2 Å². The van der Waals surface area contributed by atoms with E-state index in [1.165, 1.54) is 0 Å². The quantitative estimate of drug-likeness (QED) is 0.782. The summed E-state index contributed by atoms with van der Waals surface area (Å²) in [4.78, 5) is 11.4. The van der Waals surface area contributed by atoms with Crippen LogP contribution in [-0.4, -0.2) is 19.1 Å². The third-order valence-electron chi connectivity index (χ3n) is 3.02. The van der Waals surface area contributed by atoms with E-state index in [4.69, 9.17) is 10.5 Å². The molecule has 4 nitrogen and oxygen atoms in total. The van der Waals surface area contributed by atoms with Gasteiger partial charge < -0.3 is 15.8 Å². The van der Waals surface area contributed by atoms with Gasteiger partial charge in [0.15, 0.2) is 0 Å². The van der Waals surface area contributed by atoms with Crippen LogP contribution in [0, 0.1) is 0 Å². The zero-order chi connectivity index (χ0) is 12.3. The standard InChI is InChI=1S/C13H18N2O2/c1-2-17-12-8-10(14)3-4-11(12)9-5-6-15-13(16)7-9/h3-4,8-9H,2,5-7,14H2,1H3,(H,15,16). The third kappa shape index (κ3) is 2.70. The molecule has 1 unspecified atom stereocenters. The Morgan fingerprint density at radius 1 is 1.53 bits per heavy atom. The van der Waals surface area contributed by atoms with Crippen LogP contribution in [0.2, 0.25) is 0 Å². The van der Waals surface area contributed by atoms with Crippen LogP contribution in [0.1, 0.15) is 31.2 Å². The lowest BCUT2D eigenvalue weighted by Crippen LogP contribution is -2.32. The number of nitrogens with two attached hydrogens (primary N) is 1. The van der Waals surface area contributed by atoms with Crippen LogP contribution in [0.5, 0.6) is 5.75 Å². The number of carbonyl (C=O) groups is 1. The van der Waals surface area contributed by atoms with Crippen LogP contribution in [0.25, 0.3) is 0 Å². The molecular formula is C13H18N2O2. The zero-order valence-corrected chi connectivity index (χ0v) is 10.0. The molecule has 1 aliphatic heterocycles. The molecule has 0 spiro atoms. The molecule has 17 heavy (non-hydrogen) atoms. The van der Waals surface area contributed by atoms with Crippen LogP contribution in [0.3, 0.4) is 0 Å². The number of piperidine rings is 1. The first kappa shape index (κ1) is 11.8. The number of hydrogen-bond acceptors (Lipinski definition) is 3. The van der Waals surface area contributed by atoms with Gasteiger partial charge in [-0.05, 0) is 30.9 Å². The van der Waals surface area contributed by atoms with Crippen molar-refractivity contribution < 1.29 is 9.53 Å². The molecule has 1 aromatic rings. The Kier molecular flexibility index (Phi) is 3.52. The molecule has 1 fully saturated rings. The molecule has 4 heteroatoms. The summed E-state index contributed by atoms with van der Waals surface area (Å²) in [6.45, 7) is 3.29. The SMILES string of the molecule is CCOc1cc(N)ccc1C1CCNC(=O)C1. The molecule has 1 amide bonds. The first-order valence-corrected chi connectivity index (χ1v) is 5.99.